The molecule has 2 atom stereocenters. The van der Waals surface area contributed by atoms with Gasteiger partial charge in [0.15, 0.2) is 17.0 Å². The summed E-state index contributed by atoms with van der Waals surface area (Å²) in [4.78, 5) is 0. The Hall–Kier alpha value is -4.03. The summed E-state index contributed by atoms with van der Waals surface area (Å²) in [7, 11) is 1.40. The average molecular weight is 633 g/mol. The third kappa shape index (κ3) is 5.21. The van der Waals surface area contributed by atoms with E-state index in [-0.39, 0.29) is 0 Å². The van der Waals surface area contributed by atoms with Crippen LogP contribution in [0.25, 0.3) is 0 Å². The van der Waals surface area contributed by atoms with Crippen LogP contribution in [0.1, 0.15) is 36.1 Å². The number of benzene rings is 5. The molecule has 7 heteroatoms. The van der Waals surface area contributed by atoms with Crippen molar-refractivity contribution in [1.29, 1.82) is 0 Å². The molecule has 0 bridgehead atoms. The molecule has 2 fully saturated rings. The number of rotatable bonds is 7. The van der Waals surface area contributed by atoms with E-state index in [1.54, 1.807) is 14.2 Å². The lowest BCUT2D eigenvalue weighted by Crippen LogP contribution is -2.53. The van der Waals surface area contributed by atoms with Gasteiger partial charge in [-0.1, -0.05) is 121 Å². The first kappa shape index (κ1) is 30.6. The zero-order valence-corrected chi connectivity index (χ0v) is 27.2. The van der Waals surface area contributed by atoms with E-state index in [0.29, 0.717) is 11.5 Å². The van der Waals surface area contributed by atoms with Gasteiger partial charge >= 0.3 is 0 Å². The van der Waals surface area contributed by atoms with E-state index < -0.39 is 37.6 Å². The third-order valence-corrected chi connectivity index (χ3v) is 10.3. The number of ether oxygens (including phenoxy) is 4. The summed E-state index contributed by atoms with van der Waals surface area (Å²) in [6.45, 7) is 3.91. The van der Waals surface area contributed by atoms with Crippen LogP contribution in [0.2, 0.25) is 0 Å². The van der Waals surface area contributed by atoms with E-state index >= 15 is 0 Å². The smallest absolute Gasteiger partial charge is 0.208 e. The molecule has 2 aliphatic heterocycles. The largest absolute Gasteiger partial charge is 0.497 e. The molecule has 2 saturated heterocycles. The highest BCUT2D eigenvalue weighted by Gasteiger charge is 2.67. The van der Waals surface area contributed by atoms with Crippen LogP contribution in [0.3, 0.4) is 0 Å². The monoisotopic (exact) mass is 632 g/mol. The number of hydrogen-bond acceptors (Lipinski definition) is 6. The molecular formula is C39H37O6P. The molecule has 2 heterocycles. The molecule has 2 aliphatic rings. The maximum Gasteiger partial charge on any atom is 0.208 e. The highest BCUT2D eigenvalue weighted by Crippen LogP contribution is 2.64. The molecule has 7 rings (SSSR count). The highest BCUT2D eigenvalue weighted by atomic mass is 31.2. The lowest BCUT2D eigenvalue weighted by Gasteiger charge is -2.41. The number of fused-ring (bicyclic) bond motifs is 1. The predicted molar refractivity (Wildman–Crippen MR) is 179 cm³/mol. The van der Waals surface area contributed by atoms with Gasteiger partial charge in [-0.3, -0.25) is 0 Å². The van der Waals surface area contributed by atoms with Crippen molar-refractivity contribution in [3.05, 3.63) is 162 Å². The zero-order chi connectivity index (χ0) is 31.8. The van der Waals surface area contributed by atoms with Gasteiger partial charge in [-0.2, -0.15) is 0 Å². The summed E-state index contributed by atoms with van der Waals surface area (Å²) in [5.41, 5.74) is 1.43. The van der Waals surface area contributed by atoms with Crippen LogP contribution in [0.15, 0.2) is 140 Å². The summed E-state index contributed by atoms with van der Waals surface area (Å²) in [5.74, 6) is 0.319. The van der Waals surface area contributed by atoms with Gasteiger partial charge in [0.2, 0.25) is 8.38 Å². The Bertz CT molecular complexity index is 1560. The van der Waals surface area contributed by atoms with Crippen molar-refractivity contribution in [2.45, 2.75) is 43.0 Å². The fourth-order valence-electron chi connectivity index (χ4n) is 6.69. The second kappa shape index (κ2) is 12.3. The van der Waals surface area contributed by atoms with Gasteiger partial charge in [-0.15, -0.1) is 0 Å². The number of methoxy groups -OCH3 is 2. The summed E-state index contributed by atoms with van der Waals surface area (Å²) >= 11 is 0. The maximum atomic E-state index is 7.59. The van der Waals surface area contributed by atoms with E-state index in [1.807, 2.05) is 105 Å². The van der Waals surface area contributed by atoms with Crippen LogP contribution >= 0.6 is 8.38 Å². The van der Waals surface area contributed by atoms with E-state index in [2.05, 4.69) is 48.5 Å². The molecule has 46 heavy (non-hydrogen) atoms. The SMILES string of the molecule is COc1cc(OC)cc(P2OC(c3ccccc3)(c3ccccc3)[C@@H]3OC(C)(C)O[C@H]3C(c3ccccc3)(c3ccccc3)O2)c1. The lowest BCUT2D eigenvalue weighted by atomic mass is 9.72. The van der Waals surface area contributed by atoms with Crippen molar-refractivity contribution in [3.63, 3.8) is 0 Å². The molecule has 0 N–H and O–H groups in total. The average Bonchev–Trinajstić information content (AvgIpc) is 3.39. The molecule has 5 aromatic rings. The summed E-state index contributed by atoms with van der Waals surface area (Å²) < 4.78 is 40.8. The minimum Gasteiger partial charge on any atom is -0.497 e. The Morgan fingerprint density at radius 2 is 0.826 bits per heavy atom. The second-order valence-electron chi connectivity index (χ2n) is 11.9. The molecule has 0 saturated carbocycles. The van der Waals surface area contributed by atoms with Crippen LogP contribution in [-0.2, 0) is 29.7 Å². The first-order valence-electron chi connectivity index (χ1n) is 15.4. The first-order chi connectivity index (χ1) is 22.4. The zero-order valence-electron chi connectivity index (χ0n) is 26.3. The predicted octanol–water partition coefficient (Wildman–Crippen LogP) is 8.10. The Labute approximate surface area is 271 Å². The van der Waals surface area contributed by atoms with E-state index in [4.69, 9.17) is 28.0 Å². The standard InChI is InChI=1S/C39H37O6P/c1-37(2)42-35-36(43-37)39(30-21-13-7-14-22-30,31-23-15-8-16-24-31)45-46(34-26-32(40-3)25-33(27-34)41-4)44-38(35,28-17-9-5-10-18-28)29-19-11-6-12-20-29/h5-27,35-36H,1-4H3/t35-,36-/m1/s1. The normalized spacial score (nSPS) is 21.6. The van der Waals surface area contributed by atoms with Gasteiger partial charge in [0.1, 0.15) is 23.7 Å². The van der Waals surface area contributed by atoms with Gasteiger partial charge in [-0.05, 0) is 48.2 Å². The molecule has 5 aromatic carbocycles. The molecule has 234 valence electrons. The molecule has 0 amide bonds. The maximum absolute atomic E-state index is 7.59. The summed E-state index contributed by atoms with van der Waals surface area (Å²) in [6.07, 6.45) is -1.29. The van der Waals surface area contributed by atoms with Crippen molar-refractivity contribution >= 4 is 13.7 Å². The fourth-order valence-corrected chi connectivity index (χ4v) is 8.55. The Morgan fingerprint density at radius 1 is 0.500 bits per heavy atom. The van der Waals surface area contributed by atoms with Gasteiger partial charge in [0.25, 0.3) is 0 Å². The molecule has 0 aromatic heterocycles. The Kier molecular flexibility index (Phi) is 8.18. The first-order valence-corrected chi connectivity index (χ1v) is 16.6. The molecule has 0 spiro atoms. The molecule has 0 aliphatic carbocycles. The van der Waals surface area contributed by atoms with E-state index in [1.165, 1.54) is 0 Å². The van der Waals surface area contributed by atoms with Gasteiger partial charge in [-0.25, -0.2) is 0 Å². The fraction of sp³-hybridized carbons (Fsp3) is 0.231. The summed E-state index contributed by atoms with van der Waals surface area (Å²) in [5, 5.41) is 0.790. The van der Waals surface area contributed by atoms with Crippen LogP contribution in [0, 0.1) is 0 Å². The second-order valence-corrected chi connectivity index (χ2v) is 13.3. The minimum atomic E-state index is -1.88. The molecule has 0 unspecified atom stereocenters. The topological polar surface area (TPSA) is 55.4 Å². The van der Waals surface area contributed by atoms with E-state index in [9.17, 15) is 0 Å². The van der Waals surface area contributed by atoms with Crippen molar-refractivity contribution < 1.29 is 28.0 Å². The van der Waals surface area contributed by atoms with Crippen LogP contribution in [0.4, 0.5) is 0 Å². The van der Waals surface area contributed by atoms with Crippen LogP contribution in [-0.4, -0.2) is 32.2 Å². The van der Waals surface area contributed by atoms with Crippen LogP contribution < -0.4 is 14.8 Å². The van der Waals surface area contributed by atoms with Crippen molar-refractivity contribution in [2.24, 2.45) is 0 Å². The Balaban J connectivity index is 1.60. The molecule has 0 radical (unpaired) electrons. The lowest BCUT2D eigenvalue weighted by molar-refractivity contribution is -0.173. The highest BCUT2D eigenvalue weighted by molar-refractivity contribution is 7.56. The third-order valence-electron chi connectivity index (χ3n) is 8.71. The van der Waals surface area contributed by atoms with Crippen LogP contribution in [0.5, 0.6) is 11.5 Å². The minimum absolute atomic E-state index is 0.636. The van der Waals surface area contributed by atoms with Crippen molar-refractivity contribution in [1.82, 2.24) is 0 Å². The quantitative estimate of drug-likeness (QED) is 0.169. The van der Waals surface area contributed by atoms with Crippen molar-refractivity contribution in [2.75, 3.05) is 14.2 Å². The number of hydrogen-bond donors (Lipinski definition) is 0. The van der Waals surface area contributed by atoms with Gasteiger partial charge < -0.3 is 28.0 Å². The van der Waals surface area contributed by atoms with Gasteiger partial charge in [0.05, 0.1) is 14.2 Å². The Morgan fingerprint density at radius 3 is 1.13 bits per heavy atom. The molecular weight excluding hydrogens is 595 g/mol. The van der Waals surface area contributed by atoms with Crippen molar-refractivity contribution in [3.8, 4) is 11.5 Å². The van der Waals surface area contributed by atoms with E-state index in [0.717, 1.165) is 27.6 Å². The molecule has 6 nitrogen and oxygen atoms in total. The summed E-state index contributed by atoms with van der Waals surface area (Å²) in [6, 6.07) is 46.8. The van der Waals surface area contributed by atoms with Gasteiger partial charge in [0, 0.05) is 11.4 Å².